The second-order valence-corrected chi connectivity index (χ2v) is 6.00. The van der Waals surface area contributed by atoms with Gasteiger partial charge in [0.25, 0.3) is 0 Å². The summed E-state index contributed by atoms with van der Waals surface area (Å²) in [4.78, 5) is 0. The molecule has 2 rings (SSSR count). The average molecular weight is 300 g/mol. The summed E-state index contributed by atoms with van der Waals surface area (Å²) < 4.78 is 14.6. The van der Waals surface area contributed by atoms with Gasteiger partial charge in [0, 0.05) is 10.5 Å². The van der Waals surface area contributed by atoms with Gasteiger partial charge in [-0.3, -0.25) is 0 Å². The number of halogens is 2. The molecule has 1 aliphatic carbocycles. The van der Waals surface area contributed by atoms with E-state index >= 15 is 0 Å². The lowest BCUT2D eigenvalue weighted by Crippen LogP contribution is -2.22. The molecule has 2 N–H and O–H groups in total. The zero-order valence-corrected chi connectivity index (χ0v) is 11.5. The number of hydrogen-bond acceptors (Lipinski definition) is 1. The van der Waals surface area contributed by atoms with Crippen molar-refractivity contribution in [1.82, 2.24) is 0 Å². The quantitative estimate of drug-likeness (QED) is 0.820. The maximum Gasteiger partial charge on any atom is 0.126 e. The van der Waals surface area contributed by atoms with Crippen LogP contribution < -0.4 is 5.73 Å². The van der Waals surface area contributed by atoms with E-state index in [-0.39, 0.29) is 5.82 Å². The van der Waals surface area contributed by atoms with Crippen molar-refractivity contribution in [2.75, 3.05) is 0 Å². The Morgan fingerprint density at radius 2 is 2.06 bits per heavy atom. The van der Waals surface area contributed by atoms with Crippen molar-refractivity contribution >= 4 is 15.9 Å². The Balaban J connectivity index is 2.06. The summed E-state index contributed by atoms with van der Waals surface area (Å²) in [6.45, 7) is 0. The van der Waals surface area contributed by atoms with Crippen molar-refractivity contribution in [2.45, 2.75) is 44.6 Å². The molecule has 3 heteroatoms. The van der Waals surface area contributed by atoms with E-state index in [0.717, 1.165) is 29.3 Å². The fraction of sp³-hybridized carbons (Fsp3) is 0.571. The van der Waals surface area contributed by atoms with Gasteiger partial charge >= 0.3 is 0 Å². The lowest BCUT2D eigenvalue weighted by molar-refractivity contribution is 0.423. The fourth-order valence-corrected chi connectivity index (χ4v) is 3.11. The van der Waals surface area contributed by atoms with E-state index in [1.165, 1.54) is 25.3 Å². The highest BCUT2D eigenvalue weighted by Crippen LogP contribution is 2.27. The van der Waals surface area contributed by atoms with Gasteiger partial charge in [0.05, 0.1) is 0 Å². The van der Waals surface area contributed by atoms with Crippen LogP contribution in [0.4, 0.5) is 4.39 Å². The molecule has 0 spiro atoms. The number of hydrogen-bond donors (Lipinski definition) is 1. The highest BCUT2D eigenvalue weighted by molar-refractivity contribution is 9.10. The maximum absolute atomic E-state index is 13.7. The largest absolute Gasteiger partial charge is 0.328 e. The molecule has 1 aliphatic rings. The van der Waals surface area contributed by atoms with Gasteiger partial charge in [0.15, 0.2) is 0 Å². The van der Waals surface area contributed by atoms with Crippen LogP contribution in [0.5, 0.6) is 0 Å². The maximum atomic E-state index is 13.7. The molecule has 2 atom stereocenters. The molecule has 0 saturated heterocycles. The summed E-state index contributed by atoms with van der Waals surface area (Å²) >= 11 is 3.40. The van der Waals surface area contributed by atoms with Crippen molar-refractivity contribution < 1.29 is 4.39 Å². The van der Waals surface area contributed by atoms with E-state index in [2.05, 4.69) is 15.9 Å². The van der Waals surface area contributed by atoms with Gasteiger partial charge < -0.3 is 5.73 Å². The molecule has 1 fully saturated rings. The van der Waals surface area contributed by atoms with Crippen LogP contribution >= 0.6 is 15.9 Å². The van der Waals surface area contributed by atoms with Gasteiger partial charge in [-0.05, 0) is 48.9 Å². The number of rotatable bonds is 2. The molecule has 0 bridgehead atoms. The molecule has 0 amide bonds. The molecule has 0 radical (unpaired) electrons. The summed E-state index contributed by atoms with van der Waals surface area (Å²) in [5, 5.41) is 0. The zero-order valence-electron chi connectivity index (χ0n) is 9.96. The summed E-state index contributed by atoms with van der Waals surface area (Å²) in [7, 11) is 0. The first-order valence-corrected chi connectivity index (χ1v) is 7.14. The minimum absolute atomic E-state index is 0.0916. The van der Waals surface area contributed by atoms with Crippen molar-refractivity contribution in [1.29, 1.82) is 0 Å². The number of nitrogens with two attached hydrogens (primary N) is 1. The van der Waals surface area contributed by atoms with E-state index in [9.17, 15) is 4.39 Å². The van der Waals surface area contributed by atoms with Crippen LogP contribution in [0.15, 0.2) is 22.7 Å². The van der Waals surface area contributed by atoms with E-state index in [1.54, 1.807) is 6.07 Å². The van der Waals surface area contributed by atoms with Gasteiger partial charge in [0.1, 0.15) is 5.82 Å². The summed E-state index contributed by atoms with van der Waals surface area (Å²) in [5.41, 5.74) is 6.86. The van der Waals surface area contributed by atoms with Crippen LogP contribution in [0.1, 0.15) is 37.7 Å². The molecule has 0 aliphatic heterocycles. The molecule has 94 valence electrons. The molecule has 1 aromatic rings. The van der Waals surface area contributed by atoms with E-state index in [4.69, 9.17) is 5.73 Å². The third kappa shape index (κ3) is 3.78. The Hall–Kier alpha value is -0.410. The molecular formula is C14H19BrFN. The molecular weight excluding hydrogens is 281 g/mol. The highest BCUT2D eigenvalue weighted by Gasteiger charge is 2.19. The topological polar surface area (TPSA) is 26.0 Å². The van der Waals surface area contributed by atoms with Crippen LogP contribution in [-0.4, -0.2) is 6.04 Å². The van der Waals surface area contributed by atoms with Crippen LogP contribution in [0.25, 0.3) is 0 Å². The molecule has 1 saturated carbocycles. The van der Waals surface area contributed by atoms with Gasteiger partial charge in [-0.25, -0.2) is 4.39 Å². The lowest BCUT2D eigenvalue weighted by Gasteiger charge is -2.17. The van der Waals surface area contributed by atoms with Crippen molar-refractivity contribution in [3.8, 4) is 0 Å². The smallest absolute Gasteiger partial charge is 0.126 e. The molecule has 0 heterocycles. The monoisotopic (exact) mass is 299 g/mol. The van der Waals surface area contributed by atoms with E-state index in [0.29, 0.717) is 12.0 Å². The average Bonchev–Trinajstić information content (AvgIpc) is 2.48. The third-order valence-electron chi connectivity index (χ3n) is 3.59. The first-order valence-electron chi connectivity index (χ1n) is 6.34. The van der Waals surface area contributed by atoms with Crippen LogP contribution in [0.3, 0.4) is 0 Å². The Morgan fingerprint density at radius 3 is 2.88 bits per heavy atom. The van der Waals surface area contributed by atoms with Gasteiger partial charge in [-0.1, -0.05) is 35.2 Å². The second kappa shape index (κ2) is 5.96. The van der Waals surface area contributed by atoms with Crippen LogP contribution in [-0.2, 0) is 6.42 Å². The predicted octanol–water partition coefficient (Wildman–Crippen LogP) is 4.04. The molecule has 2 unspecified atom stereocenters. The lowest BCUT2D eigenvalue weighted by atomic mass is 9.91. The highest BCUT2D eigenvalue weighted by atomic mass is 79.9. The molecule has 1 nitrogen and oxygen atoms in total. The fourth-order valence-electron chi connectivity index (χ4n) is 2.70. The van der Waals surface area contributed by atoms with Crippen LogP contribution in [0, 0.1) is 11.7 Å². The first-order chi connectivity index (χ1) is 8.15. The first kappa shape index (κ1) is 13.0. The Kier molecular flexibility index (Phi) is 4.57. The zero-order chi connectivity index (χ0) is 12.3. The summed E-state index contributed by atoms with van der Waals surface area (Å²) in [6, 6.07) is 5.48. The summed E-state index contributed by atoms with van der Waals surface area (Å²) in [5.74, 6) is 0.447. The van der Waals surface area contributed by atoms with Crippen molar-refractivity contribution in [2.24, 2.45) is 11.7 Å². The van der Waals surface area contributed by atoms with Crippen molar-refractivity contribution in [3.05, 3.63) is 34.1 Å². The summed E-state index contributed by atoms with van der Waals surface area (Å²) in [6.07, 6.45) is 6.61. The van der Waals surface area contributed by atoms with Gasteiger partial charge in [-0.2, -0.15) is 0 Å². The SMILES string of the molecule is NC1CCCCC(Cc2cc(Br)ccc2F)C1. The normalized spacial score (nSPS) is 25.6. The van der Waals surface area contributed by atoms with Gasteiger partial charge in [0.2, 0.25) is 0 Å². The predicted molar refractivity (Wildman–Crippen MR) is 72.4 cm³/mol. The third-order valence-corrected chi connectivity index (χ3v) is 4.08. The Bertz CT molecular complexity index is 380. The van der Waals surface area contributed by atoms with Crippen molar-refractivity contribution in [3.63, 3.8) is 0 Å². The molecule has 17 heavy (non-hydrogen) atoms. The Morgan fingerprint density at radius 1 is 1.29 bits per heavy atom. The van der Waals surface area contributed by atoms with Gasteiger partial charge in [-0.15, -0.1) is 0 Å². The van der Waals surface area contributed by atoms with E-state index in [1.807, 2.05) is 6.07 Å². The van der Waals surface area contributed by atoms with E-state index < -0.39 is 0 Å². The standard InChI is InChI=1S/C14H19BrFN/c15-12-5-6-14(16)11(9-12)7-10-3-1-2-4-13(17)8-10/h5-6,9-10,13H,1-4,7-8,17H2. The molecule has 0 aromatic heterocycles. The number of benzene rings is 1. The second-order valence-electron chi connectivity index (χ2n) is 5.09. The van der Waals surface area contributed by atoms with Crippen LogP contribution in [0.2, 0.25) is 0 Å². The minimum atomic E-state index is -0.0916. The minimum Gasteiger partial charge on any atom is -0.328 e. The molecule has 1 aromatic carbocycles. The Labute approximate surface area is 111 Å².